The van der Waals surface area contributed by atoms with Crippen molar-refractivity contribution in [2.24, 2.45) is 0 Å². The predicted molar refractivity (Wildman–Crippen MR) is 116 cm³/mol. The molecule has 2 aromatic heterocycles. The minimum Gasteiger partial charge on any atom is -0.361 e. The van der Waals surface area contributed by atoms with E-state index in [2.05, 4.69) is 10.1 Å². The Morgan fingerprint density at radius 3 is 2.50 bits per heavy atom. The summed E-state index contributed by atoms with van der Waals surface area (Å²) in [5, 5.41) is 4.47. The highest BCUT2D eigenvalue weighted by Crippen LogP contribution is 2.33. The van der Waals surface area contributed by atoms with E-state index in [0.717, 1.165) is 11.1 Å². The number of nitrogens with one attached hydrogen (secondary N) is 1. The van der Waals surface area contributed by atoms with E-state index in [1.165, 1.54) is 6.07 Å². The molecule has 4 rings (SSSR count). The fourth-order valence-electron chi connectivity index (χ4n) is 3.75. The van der Waals surface area contributed by atoms with Gasteiger partial charge in [0, 0.05) is 17.0 Å². The molecule has 1 N–H and O–H groups in total. The van der Waals surface area contributed by atoms with Crippen molar-refractivity contribution in [3.8, 4) is 11.1 Å². The highest BCUT2D eigenvalue weighted by Gasteiger charge is 2.21. The average Bonchev–Trinajstić information content (AvgIpc) is 3.05. The molecule has 7 heteroatoms. The molecule has 0 bridgehead atoms. The van der Waals surface area contributed by atoms with Crippen LogP contribution in [0.4, 0.5) is 0 Å². The molecular weight excluding hydrogens is 400 g/mol. The molecule has 0 aliphatic heterocycles. The standard InChI is InChI=1S/C23H22N2O4S/c1-15-23(16(2)29-25-15)18-13-20-19(10-11-22(26)24-20)21(14-18)30(27,28)12-6-9-17-7-4-3-5-8-17/h3-5,7-8,10-11,13-14H,6,9,12H2,1-2H3,(H,24,26). The lowest BCUT2D eigenvalue weighted by Gasteiger charge is -2.11. The van der Waals surface area contributed by atoms with Crippen molar-refractivity contribution >= 4 is 20.7 Å². The summed E-state index contributed by atoms with van der Waals surface area (Å²) in [7, 11) is -3.58. The summed E-state index contributed by atoms with van der Waals surface area (Å²) in [6, 6.07) is 16.2. The Morgan fingerprint density at radius 1 is 1.03 bits per heavy atom. The van der Waals surface area contributed by atoms with Gasteiger partial charge < -0.3 is 9.51 Å². The lowest BCUT2D eigenvalue weighted by Crippen LogP contribution is -2.11. The third-order valence-corrected chi connectivity index (χ3v) is 7.01. The van der Waals surface area contributed by atoms with Crippen LogP contribution in [-0.2, 0) is 16.3 Å². The quantitative estimate of drug-likeness (QED) is 0.502. The van der Waals surface area contributed by atoms with Gasteiger partial charge in [-0.1, -0.05) is 35.5 Å². The number of nitrogens with zero attached hydrogens (tertiary/aromatic N) is 1. The molecule has 6 nitrogen and oxygen atoms in total. The summed E-state index contributed by atoms with van der Waals surface area (Å²) >= 11 is 0. The summed E-state index contributed by atoms with van der Waals surface area (Å²) < 4.78 is 31.8. The van der Waals surface area contributed by atoms with Gasteiger partial charge in [0.15, 0.2) is 9.84 Å². The second kappa shape index (κ2) is 7.91. The third-order valence-electron chi connectivity index (χ3n) is 5.18. The molecule has 154 valence electrons. The van der Waals surface area contributed by atoms with Crippen LogP contribution < -0.4 is 5.56 Å². The van der Waals surface area contributed by atoms with Gasteiger partial charge in [-0.25, -0.2) is 8.42 Å². The van der Waals surface area contributed by atoms with E-state index < -0.39 is 9.84 Å². The zero-order valence-electron chi connectivity index (χ0n) is 16.8. The molecule has 2 aromatic carbocycles. The van der Waals surface area contributed by atoms with E-state index in [1.54, 1.807) is 32.0 Å². The number of H-pyrrole nitrogens is 1. The molecule has 0 aliphatic carbocycles. The van der Waals surface area contributed by atoms with Gasteiger partial charge in [-0.05, 0) is 56.0 Å². The molecule has 0 saturated heterocycles. The van der Waals surface area contributed by atoms with E-state index in [-0.39, 0.29) is 16.2 Å². The highest BCUT2D eigenvalue weighted by atomic mass is 32.2. The van der Waals surface area contributed by atoms with Gasteiger partial charge >= 0.3 is 0 Å². The average molecular weight is 423 g/mol. The van der Waals surface area contributed by atoms with Crippen LogP contribution in [0.25, 0.3) is 22.0 Å². The number of aromatic amines is 1. The monoisotopic (exact) mass is 422 g/mol. The summed E-state index contributed by atoms with van der Waals surface area (Å²) in [5.74, 6) is 0.610. The Bertz CT molecular complexity index is 1350. The van der Waals surface area contributed by atoms with Crippen LogP contribution in [0.3, 0.4) is 0 Å². The number of hydrogen-bond donors (Lipinski definition) is 1. The van der Waals surface area contributed by atoms with Crippen LogP contribution >= 0.6 is 0 Å². The fraction of sp³-hybridized carbons (Fsp3) is 0.217. The molecule has 0 fully saturated rings. The number of rotatable bonds is 6. The second-order valence-electron chi connectivity index (χ2n) is 7.37. The molecule has 0 amide bonds. The summed E-state index contributed by atoms with van der Waals surface area (Å²) in [6.45, 7) is 3.58. The zero-order valence-corrected chi connectivity index (χ0v) is 17.6. The number of fused-ring (bicyclic) bond motifs is 1. The highest BCUT2D eigenvalue weighted by molar-refractivity contribution is 7.91. The maximum absolute atomic E-state index is 13.3. The predicted octanol–water partition coefficient (Wildman–Crippen LogP) is 4.21. The summed E-state index contributed by atoms with van der Waals surface area (Å²) in [6.07, 6.45) is 1.19. The van der Waals surface area contributed by atoms with Crippen molar-refractivity contribution in [1.29, 1.82) is 0 Å². The molecule has 0 radical (unpaired) electrons. The Morgan fingerprint density at radius 2 is 1.80 bits per heavy atom. The Hall–Kier alpha value is -3.19. The van der Waals surface area contributed by atoms with E-state index in [0.29, 0.717) is 40.8 Å². The first-order valence-corrected chi connectivity index (χ1v) is 11.4. The zero-order chi connectivity index (χ0) is 21.3. The Kier molecular flexibility index (Phi) is 5.30. The minimum absolute atomic E-state index is 0.0151. The van der Waals surface area contributed by atoms with Gasteiger partial charge in [0.05, 0.1) is 21.9 Å². The van der Waals surface area contributed by atoms with Gasteiger partial charge in [-0.2, -0.15) is 0 Å². The van der Waals surface area contributed by atoms with Crippen LogP contribution in [0, 0.1) is 13.8 Å². The second-order valence-corrected chi connectivity index (χ2v) is 9.44. The molecule has 0 aliphatic rings. The number of pyridine rings is 1. The fourth-order valence-corrected chi connectivity index (χ4v) is 5.32. The first-order chi connectivity index (χ1) is 14.3. The molecular formula is C23H22N2O4S. The lowest BCUT2D eigenvalue weighted by molar-refractivity contribution is 0.393. The summed E-state index contributed by atoms with van der Waals surface area (Å²) in [5.41, 5.74) is 3.35. The molecule has 0 unspecified atom stereocenters. The van der Waals surface area contributed by atoms with Gasteiger partial charge in [-0.3, -0.25) is 4.79 Å². The van der Waals surface area contributed by atoms with Crippen molar-refractivity contribution in [2.45, 2.75) is 31.6 Å². The third kappa shape index (κ3) is 3.93. The normalized spacial score (nSPS) is 11.8. The van der Waals surface area contributed by atoms with Crippen LogP contribution in [-0.4, -0.2) is 24.3 Å². The molecule has 4 aromatic rings. The molecule has 2 heterocycles. The van der Waals surface area contributed by atoms with Crippen molar-refractivity contribution in [3.05, 3.63) is 82.0 Å². The lowest BCUT2D eigenvalue weighted by atomic mass is 10.0. The number of aryl methyl sites for hydroxylation is 3. The maximum atomic E-state index is 13.3. The minimum atomic E-state index is -3.58. The van der Waals surface area contributed by atoms with Crippen LogP contribution in [0.5, 0.6) is 0 Å². The number of aromatic nitrogens is 2. The van der Waals surface area contributed by atoms with Crippen molar-refractivity contribution in [3.63, 3.8) is 0 Å². The van der Waals surface area contributed by atoms with E-state index in [9.17, 15) is 13.2 Å². The first-order valence-electron chi connectivity index (χ1n) is 9.72. The van der Waals surface area contributed by atoms with Gasteiger partial charge in [0.1, 0.15) is 5.76 Å². The first kappa shape index (κ1) is 20.1. The Labute approximate surface area is 174 Å². The van der Waals surface area contributed by atoms with Crippen LogP contribution in [0.1, 0.15) is 23.4 Å². The topological polar surface area (TPSA) is 93.0 Å². The van der Waals surface area contributed by atoms with E-state index in [1.807, 2.05) is 30.3 Å². The molecule has 30 heavy (non-hydrogen) atoms. The largest absolute Gasteiger partial charge is 0.361 e. The number of hydrogen-bond acceptors (Lipinski definition) is 5. The maximum Gasteiger partial charge on any atom is 0.248 e. The molecule has 0 spiro atoms. The molecule has 0 saturated carbocycles. The van der Waals surface area contributed by atoms with Crippen LogP contribution in [0.2, 0.25) is 0 Å². The number of sulfone groups is 1. The van der Waals surface area contributed by atoms with Gasteiger partial charge in [0.25, 0.3) is 0 Å². The van der Waals surface area contributed by atoms with E-state index in [4.69, 9.17) is 4.52 Å². The Balaban J connectivity index is 1.77. The van der Waals surface area contributed by atoms with Crippen LogP contribution in [0.15, 0.2) is 68.8 Å². The van der Waals surface area contributed by atoms with Gasteiger partial charge in [-0.15, -0.1) is 0 Å². The smallest absolute Gasteiger partial charge is 0.248 e. The van der Waals surface area contributed by atoms with Gasteiger partial charge in [0.2, 0.25) is 5.56 Å². The van der Waals surface area contributed by atoms with Crippen molar-refractivity contribution in [1.82, 2.24) is 10.1 Å². The van der Waals surface area contributed by atoms with Crippen molar-refractivity contribution < 1.29 is 12.9 Å². The number of benzene rings is 2. The SMILES string of the molecule is Cc1noc(C)c1-c1cc(S(=O)(=O)CCCc2ccccc2)c2ccc(=O)[nH]c2c1. The van der Waals surface area contributed by atoms with E-state index >= 15 is 0 Å². The van der Waals surface area contributed by atoms with Crippen molar-refractivity contribution in [2.75, 3.05) is 5.75 Å². The summed E-state index contributed by atoms with van der Waals surface area (Å²) in [4.78, 5) is 14.8. The molecule has 0 atom stereocenters.